The summed E-state index contributed by atoms with van der Waals surface area (Å²) < 4.78 is 0.961. The molecule has 0 aliphatic carbocycles. The molecule has 0 aliphatic heterocycles. The van der Waals surface area contributed by atoms with Crippen LogP contribution in [-0.2, 0) is 0 Å². The van der Waals surface area contributed by atoms with E-state index in [1.807, 2.05) is 25.4 Å². The lowest BCUT2D eigenvalue weighted by Crippen LogP contribution is -2.28. The summed E-state index contributed by atoms with van der Waals surface area (Å²) in [5.74, 6) is 0.965. The maximum atomic E-state index is 12.0. The highest BCUT2D eigenvalue weighted by Gasteiger charge is 2.12. The molecule has 1 amide bonds. The minimum Gasteiger partial charge on any atom is -0.341 e. The summed E-state index contributed by atoms with van der Waals surface area (Å²) in [6.45, 7) is 0.754. The normalized spacial score (nSPS) is 10.2. The zero-order chi connectivity index (χ0) is 12.1. The smallest absolute Gasteiger partial charge is 0.253 e. The van der Waals surface area contributed by atoms with E-state index in [1.165, 1.54) is 0 Å². The fraction of sp³-hybridized carbons (Fsp3) is 0.364. The minimum absolute atomic E-state index is 0.0207. The Hall–Kier alpha value is 0.0600. The van der Waals surface area contributed by atoms with E-state index >= 15 is 0 Å². The zero-order valence-corrected chi connectivity index (χ0v) is 12.9. The lowest BCUT2D eigenvalue weighted by atomic mass is 10.2. The summed E-state index contributed by atoms with van der Waals surface area (Å²) in [5, 5.41) is 0.629. The molecule has 0 heterocycles. The second kappa shape index (κ2) is 6.71. The van der Waals surface area contributed by atoms with Crippen LogP contribution in [0.25, 0.3) is 0 Å². The molecule has 1 rings (SSSR count). The number of carbonyl (C=O) groups is 1. The van der Waals surface area contributed by atoms with Crippen molar-refractivity contribution < 1.29 is 4.79 Å². The fourth-order valence-electron chi connectivity index (χ4n) is 1.18. The average Bonchev–Trinajstić information content (AvgIpc) is 2.28. The average molecular weight is 370 g/mol. The zero-order valence-electron chi connectivity index (χ0n) is 9.17. The molecule has 0 saturated carbocycles. The van der Waals surface area contributed by atoms with E-state index in [1.54, 1.807) is 22.7 Å². The molecule has 1 aromatic rings. The maximum absolute atomic E-state index is 12.0. The van der Waals surface area contributed by atoms with E-state index < -0.39 is 0 Å². The molecule has 0 spiro atoms. The van der Waals surface area contributed by atoms with Crippen LogP contribution < -0.4 is 0 Å². The van der Waals surface area contributed by atoms with Gasteiger partial charge < -0.3 is 4.90 Å². The van der Waals surface area contributed by atoms with Crippen molar-refractivity contribution in [2.24, 2.45) is 0 Å². The standard InChI is InChI=1S/C11H13ClINOS/c1-14(5-6-16-2)11(15)8-3-4-10(13)9(12)7-8/h3-4,7H,5-6H2,1-2H3. The van der Waals surface area contributed by atoms with Gasteiger partial charge in [0.25, 0.3) is 5.91 Å². The fourth-order valence-corrected chi connectivity index (χ4v) is 2.15. The van der Waals surface area contributed by atoms with Crippen LogP contribution in [0.4, 0.5) is 0 Å². The lowest BCUT2D eigenvalue weighted by molar-refractivity contribution is 0.0804. The van der Waals surface area contributed by atoms with Crippen LogP contribution >= 0.6 is 46.0 Å². The van der Waals surface area contributed by atoms with Crippen molar-refractivity contribution in [2.75, 3.05) is 25.6 Å². The van der Waals surface area contributed by atoms with Gasteiger partial charge in [0.05, 0.1) is 5.02 Å². The summed E-state index contributed by atoms with van der Waals surface area (Å²) >= 11 is 9.86. The van der Waals surface area contributed by atoms with Gasteiger partial charge in [-0.25, -0.2) is 0 Å². The third-order valence-electron chi connectivity index (χ3n) is 2.14. The van der Waals surface area contributed by atoms with Crippen LogP contribution in [-0.4, -0.2) is 36.4 Å². The van der Waals surface area contributed by atoms with E-state index in [4.69, 9.17) is 11.6 Å². The molecule has 0 aromatic heterocycles. The topological polar surface area (TPSA) is 20.3 Å². The van der Waals surface area contributed by atoms with E-state index in [0.29, 0.717) is 10.6 Å². The monoisotopic (exact) mass is 369 g/mol. The van der Waals surface area contributed by atoms with Gasteiger partial charge in [0.2, 0.25) is 0 Å². The molecule has 0 N–H and O–H groups in total. The second-order valence-electron chi connectivity index (χ2n) is 3.35. The molecule has 2 nitrogen and oxygen atoms in total. The molecule has 0 fully saturated rings. The highest BCUT2D eigenvalue weighted by atomic mass is 127. The molecule has 0 unspecified atom stereocenters. The summed E-state index contributed by atoms with van der Waals surface area (Å²) in [5.41, 5.74) is 0.647. The second-order valence-corrected chi connectivity index (χ2v) is 5.90. The summed E-state index contributed by atoms with van der Waals surface area (Å²) in [6.07, 6.45) is 2.03. The molecular weight excluding hydrogens is 357 g/mol. The van der Waals surface area contributed by atoms with Crippen LogP contribution in [0.15, 0.2) is 18.2 Å². The van der Waals surface area contributed by atoms with Crippen LogP contribution in [0.3, 0.4) is 0 Å². The summed E-state index contributed by atoms with van der Waals surface area (Å²) in [4.78, 5) is 13.7. The Morgan fingerprint density at radius 2 is 2.25 bits per heavy atom. The van der Waals surface area contributed by atoms with Crippen LogP contribution in [0.1, 0.15) is 10.4 Å². The first-order valence-corrected chi connectivity index (χ1v) is 7.60. The third kappa shape index (κ3) is 3.82. The predicted octanol–water partition coefficient (Wildman–Crippen LogP) is 3.38. The van der Waals surface area contributed by atoms with Gasteiger partial charge >= 0.3 is 0 Å². The minimum atomic E-state index is 0.0207. The maximum Gasteiger partial charge on any atom is 0.253 e. The molecule has 16 heavy (non-hydrogen) atoms. The number of thioether (sulfide) groups is 1. The molecule has 0 atom stereocenters. The van der Waals surface area contributed by atoms with Crippen molar-refractivity contribution in [3.8, 4) is 0 Å². The van der Waals surface area contributed by atoms with Crippen LogP contribution in [0, 0.1) is 3.57 Å². The number of carbonyl (C=O) groups excluding carboxylic acids is 1. The van der Waals surface area contributed by atoms with Gasteiger partial charge in [-0.15, -0.1) is 0 Å². The lowest BCUT2D eigenvalue weighted by Gasteiger charge is -2.16. The molecule has 88 valence electrons. The highest BCUT2D eigenvalue weighted by molar-refractivity contribution is 14.1. The SMILES string of the molecule is CSCCN(C)C(=O)c1ccc(I)c(Cl)c1. The Morgan fingerprint density at radius 1 is 1.56 bits per heavy atom. The van der Waals surface area contributed by atoms with E-state index in [2.05, 4.69) is 22.6 Å². The van der Waals surface area contributed by atoms with Gasteiger partial charge in [0.15, 0.2) is 0 Å². The van der Waals surface area contributed by atoms with Gasteiger partial charge in [-0.3, -0.25) is 4.79 Å². The molecule has 0 saturated heterocycles. The molecule has 1 aromatic carbocycles. The molecule has 0 aliphatic rings. The largest absolute Gasteiger partial charge is 0.341 e. The van der Waals surface area contributed by atoms with Crippen LogP contribution in [0.5, 0.6) is 0 Å². The van der Waals surface area contributed by atoms with Gasteiger partial charge in [0, 0.05) is 28.5 Å². The number of benzene rings is 1. The Labute approximate surface area is 119 Å². The van der Waals surface area contributed by atoms with Crippen molar-refractivity contribution in [3.05, 3.63) is 32.4 Å². The van der Waals surface area contributed by atoms with E-state index in [0.717, 1.165) is 15.9 Å². The third-order valence-corrected chi connectivity index (χ3v) is 4.31. The van der Waals surface area contributed by atoms with Gasteiger partial charge in [0.1, 0.15) is 0 Å². The molecule has 0 bridgehead atoms. The van der Waals surface area contributed by atoms with Crippen molar-refractivity contribution in [1.29, 1.82) is 0 Å². The van der Waals surface area contributed by atoms with Gasteiger partial charge in [-0.05, 0) is 47.0 Å². The Bertz CT molecular complexity index is 386. The molecule has 0 radical (unpaired) electrons. The number of hydrogen-bond acceptors (Lipinski definition) is 2. The van der Waals surface area contributed by atoms with E-state index in [9.17, 15) is 4.79 Å². The molecular formula is C11H13ClINOS. The number of halogens is 2. The summed E-state index contributed by atoms with van der Waals surface area (Å²) in [7, 11) is 1.81. The first kappa shape index (κ1) is 14.1. The number of hydrogen-bond donors (Lipinski definition) is 0. The first-order valence-electron chi connectivity index (χ1n) is 4.75. The number of nitrogens with zero attached hydrogens (tertiary/aromatic N) is 1. The quantitative estimate of drug-likeness (QED) is 0.758. The van der Waals surface area contributed by atoms with Gasteiger partial charge in [-0.2, -0.15) is 11.8 Å². The van der Waals surface area contributed by atoms with E-state index in [-0.39, 0.29) is 5.91 Å². The Balaban J connectivity index is 2.76. The van der Waals surface area contributed by atoms with Crippen molar-refractivity contribution in [3.63, 3.8) is 0 Å². The Morgan fingerprint density at radius 3 is 2.81 bits per heavy atom. The predicted molar refractivity (Wildman–Crippen MR) is 79.5 cm³/mol. The van der Waals surface area contributed by atoms with Crippen molar-refractivity contribution in [2.45, 2.75) is 0 Å². The first-order chi connectivity index (χ1) is 7.56. The van der Waals surface area contributed by atoms with Crippen molar-refractivity contribution >= 4 is 51.9 Å². The molecule has 5 heteroatoms. The van der Waals surface area contributed by atoms with Gasteiger partial charge in [-0.1, -0.05) is 11.6 Å². The van der Waals surface area contributed by atoms with Crippen LogP contribution in [0.2, 0.25) is 5.02 Å². The summed E-state index contributed by atoms with van der Waals surface area (Å²) in [6, 6.07) is 5.39. The number of rotatable bonds is 4. The Kier molecular flexibility index (Phi) is 5.92. The highest BCUT2D eigenvalue weighted by Crippen LogP contribution is 2.20. The number of amides is 1. The van der Waals surface area contributed by atoms with Crippen molar-refractivity contribution in [1.82, 2.24) is 4.90 Å².